The van der Waals surface area contributed by atoms with Crippen LogP contribution < -0.4 is 20.3 Å². The number of nitrogens with one attached hydrogen (secondary N) is 2. The minimum Gasteiger partial charge on any atom is -0.493 e. The lowest BCUT2D eigenvalue weighted by atomic mass is 9.93. The number of anilines is 1. The maximum absolute atomic E-state index is 13.2. The highest BCUT2D eigenvalue weighted by atomic mass is 32.2. The van der Waals surface area contributed by atoms with Crippen LogP contribution in [-0.2, 0) is 27.9 Å². The first kappa shape index (κ1) is 30.1. The zero-order valence-corrected chi connectivity index (χ0v) is 24.2. The number of nitrogens with zero attached hydrogens (tertiary/aromatic N) is 3. The largest absolute Gasteiger partial charge is 0.493 e. The van der Waals surface area contributed by atoms with Crippen LogP contribution >= 0.6 is 0 Å². The van der Waals surface area contributed by atoms with E-state index in [9.17, 15) is 18.0 Å². The van der Waals surface area contributed by atoms with E-state index in [0.29, 0.717) is 32.5 Å². The highest BCUT2D eigenvalue weighted by Crippen LogP contribution is 2.35. The van der Waals surface area contributed by atoms with E-state index in [1.54, 1.807) is 10.9 Å². The summed E-state index contributed by atoms with van der Waals surface area (Å²) in [7, 11) is -4.12. The summed E-state index contributed by atoms with van der Waals surface area (Å²) in [5.74, 6) is 0.403. The molecule has 4 rings (SSSR count). The molecule has 0 radical (unpaired) electrons. The third-order valence-electron chi connectivity index (χ3n) is 7.12. The number of benzene rings is 2. The Kier molecular flexibility index (Phi) is 10.0. The standard InChI is InChI=1S/C29H37N5O6S/c1-21-7-3-11-27(22(21)2)40-17-6-12-28(35)34-15-5-9-25-24(8-4-10-26(25)34)23-19-32-33(20-23)16-13-30-29(36)31-14-18-41(37,38)39/h3-4,7-8,10-11,19-20H,5-6,9,12-18H2,1-2H3,(H2,30,31,36)(H,37,38,39). The molecule has 0 fully saturated rings. The van der Waals surface area contributed by atoms with Gasteiger partial charge in [0.15, 0.2) is 0 Å². The number of aromatic nitrogens is 2. The number of hydrogen-bond acceptors (Lipinski definition) is 6. The van der Waals surface area contributed by atoms with Crippen LogP contribution in [0.5, 0.6) is 5.75 Å². The molecule has 0 spiro atoms. The van der Waals surface area contributed by atoms with Gasteiger partial charge in [0.05, 0.1) is 25.1 Å². The monoisotopic (exact) mass is 583 g/mol. The molecule has 0 saturated carbocycles. The average molecular weight is 584 g/mol. The van der Waals surface area contributed by atoms with Crippen molar-refractivity contribution >= 4 is 27.7 Å². The average Bonchev–Trinajstić information content (AvgIpc) is 3.40. The van der Waals surface area contributed by atoms with Crippen molar-refractivity contribution in [3.63, 3.8) is 0 Å². The second-order valence-corrected chi connectivity index (χ2v) is 11.6. The third-order valence-corrected chi connectivity index (χ3v) is 7.84. The molecule has 1 aromatic heterocycles. The molecular formula is C29H37N5O6S. The van der Waals surface area contributed by atoms with Gasteiger partial charge in [-0.25, -0.2) is 4.79 Å². The van der Waals surface area contributed by atoms with Crippen molar-refractivity contribution < 1.29 is 27.3 Å². The molecule has 12 heteroatoms. The lowest BCUT2D eigenvalue weighted by molar-refractivity contribution is -0.118. The van der Waals surface area contributed by atoms with Crippen molar-refractivity contribution in [1.29, 1.82) is 0 Å². The molecule has 0 saturated heterocycles. The molecule has 0 atom stereocenters. The predicted molar refractivity (Wildman–Crippen MR) is 157 cm³/mol. The van der Waals surface area contributed by atoms with E-state index < -0.39 is 21.9 Å². The zero-order chi connectivity index (χ0) is 29.4. The van der Waals surface area contributed by atoms with Gasteiger partial charge in [0.2, 0.25) is 5.91 Å². The number of carbonyl (C=O) groups is 2. The van der Waals surface area contributed by atoms with E-state index in [1.165, 1.54) is 5.56 Å². The molecule has 3 amide bonds. The lowest BCUT2D eigenvalue weighted by Crippen LogP contribution is -2.39. The molecule has 0 aliphatic carbocycles. The summed E-state index contributed by atoms with van der Waals surface area (Å²) in [6, 6.07) is 11.5. The van der Waals surface area contributed by atoms with Gasteiger partial charge in [-0.15, -0.1) is 0 Å². The van der Waals surface area contributed by atoms with E-state index in [0.717, 1.165) is 46.5 Å². The maximum Gasteiger partial charge on any atom is 0.314 e. The van der Waals surface area contributed by atoms with Crippen molar-refractivity contribution in [2.75, 3.05) is 36.9 Å². The van der Waals surface area contributed by atoms with E-state index in [2.05, 4.69) is 28.7 Å². The van der Waals surface area contributed by atoms with Crippen LogP contribution in [0.4, 0.5) is 10.5 Å². The molecule has 0 unspecified atom stereocenters. The number of carbonyl (C=O) groups excluding carboxylic acids is 2. The Bertz CT molecular complexity index is 1490. The van der Waals surface area contributed by atoms with Crippen LogP contribution in [-0.4, -0.2) is 66.7 Å². The first-order chi connectivity index (χ1) is 19.6. The van der Waals surface area contributed by atoms with Crippen LogP contribution in [0, 0.1) is 13.8 Å². The number of fused-ring (bicyclic) bond motifs is 1. The first-order valence-electron chi connectivity index (χ1n) is 13.7. The number of ether oxygens (including phenoxy) is 1. The van der Waals surface area contributed by atoms with Crippen molar-refractivity contribution in [2.45, 2.75) is 46.1 Å². The van der Waals surface area contributed by atoms with Gasteiger partial charge in [-0.05, 0) is 67.5 Å². The Balaban J connectivity index is 1.31. The molecular weight excluding hydrogens is 546 g/mol. The van der Waals surface area contributed by atoms with Crippen molar-refractivity contribution in [3.05, 3.63) is 65.5 Å². The Hall–Kier alpha value is -3.90. The Morgan fingerprint density at radius 3 is 2.68 bits per heavy atom. The molecule has 1 aliphatic rings. The number of urea groups is 1. The number of rotatable bonds is 12. The van der Waals surface area contributed by atoms with Gasteiger partial charge in [-0.3, -0.25) is 14.0 Å². The van der Waals surface area contributed by atoms with Gasteiger partial charge in [0.25, 0.3) is 10.1 Å². The summed E-state index contributed by atoms with van der Waals surface area (Å²) >= 11 is 0. The van der Waals surface area contributed by atoms with Gasteiger partial charge in [-0.1, -0.05) is 24.3 Å². The van der Waals surface area contributed by atoms with Crippen molar-refractivity contribution in [3.8, 4) is 16.9 Å². The predicted octanol–water partition coefficient (Wildman–Crippen LogP) is 3.49. The van der Waals surface area contributed by atoms with Gasteiger partial charge in [-0.2, -0.15) is 13.5 Å². The SMILES string of the molecule is Cc1cccc(OCCCC(=O)N2CCCc3c(-c4cnn(CCNC(=O)NCCS(=O)(=O)O)c4)cccc32)c1C. The third kappa shape index (κ3) is 8.30. The Morgan fingerprint density at radius 1 is 1.10 bits per heavy atom. The fourth-order valence-corrected chi connectivity index (χ4v) is 5.20. The zero-order valence-electron chi connectivity index (χ0n) is 23.4. The summed E-state index contributed by atoms with van der Waals surface area (Å²) in [5, 5.41) is 9.41. The fourth-order valence-electron chi connectivity index (χ4n) is 4.84. The van der Waals surface area contributed by atoms with Crippen LogP contribution in [0.3, 0.4) is 0 Å². The summed E-state index contributed by atoms with van der Waals surface area (Å²) in [5.41, 5.74) is 6.31. The van der Waals surface area contributed by atoms with Crippen molar-refractivity contribution in [1.82, 2.24) is 20.4 Å². The Labute approximate surface area is 240 Å². The van der Waals surface area contributed by atoms with E-state index in [4.69, 9.17) is 9.29 Å². The molecule has 3 N–H and O–H groups in total. The molecule has 1 aliphatic heterocycles. The second-order valence-electron chi connectivity index (χ2n) is 10.1. The quantitative estimate of drug-likeness (QED) is 0.219. The molecule has 0 bridgehead atoms. The smallest absolute Gasteiger partial charge is 0.314 e. The molecule has 2 heterocycles. The van der Waals surface area contributed by atoms with Crippen LogP contribution in [0.2, 0.25) is 0 Å². The van der Waals surface area contributed by atoms with Gasteiger partial charge in [0.1, 0.15) is 5.75 Å². The number of hydrogen-bond donors (Lipinski definition) is 3. The minimum atomic E-state index is -4.12. The van der Waals surface area contributed by atoms with Gasteiger partial charge >= 0.3 is 6.03 Å². The fraction of sp³-hybridized carbons (Fsp3) is 0.414. The summed E-state index contributed by atoms with van der Waals surface area (Å²) in [4.78, 5) is 26.9. The van der Waals surface area contributed by atoms with Crippen LogP contribution in [0.15, 0.2) is 48.8 Å². The highest BCUT2D eigenvalue weighted by molar-refractivity contribution is 7.85. The Morgan fingerprint density at radius 2 is 1.88 bits per heavy atom. The minimum absolute atomic E-state index is 0.0873. The van der Waals surface area contributed by atoms with E-state index in [1.807, 2.05) is 48.4 Å². The van der Waals surface area contributed by atoms with Crippen LogP contribution in [0.1, 0.15) is 36.0 Å². The first-order valence-corrected chi connectivity index (χ1v) is 15.3. The lowest BCUT2D eigenvalue weighted by Gasteiger charge is -2.31. The molecule has 11 nitrogen and oxygen atoms in total. The number of aryl methyl sites for hydroxylation is 1. The topological polar surface area (TPSA) is 143 Å². The molecule has 41 heavy (non-hydrogen) atoms. The van der Waals surface area contributed by atoms with Crippen LogP contribution in [0.25, 0.3) is 11.1 Å². The van der Waals surface area contributed by atoms with Gasteiger partial charge < -0.3 is 20.3 Å². The van der Waals surface area contributed by atoms with E-state index in [-0.39, 0.29) is 19.0 Å². The normalized spacial score (nSPS) is 13.0. The summed E-state index contributed by atoms with van der Waals surface area (Å²) in [6.45, 7) is 5.77. The maximum atomic E-state index is 13.2. The molecule has 3 aromatic rings. The molecule has 2 aromatic carbocycles. The van der Waals surface area contributed by atoms with E-state index >= 15 is 0 Å². The summed E-state index contributed by atoms with van der Waals surface area (Å²) in [6.07, 6.45) is 6.45. The van der Waals surface area contributed by atoms with Crippen molar-refractivity contribution in [2.24, 2.45) is 0 Å². The highest BCUT2D eigenvalue weighted by Gasteiger charge is 2.24. The second kappa shape index (κ2) is 13.6. The number of amides is 3. The molecule has 220 valence electrons. The summed E-state index contributed by atoms with van der Waals surface area (Å²) < 4.78 is 37.9. The van der Waals surface area contributed by atoms with Gasteiger partial charge in [0, 0.05) is 43.5 Å².